The molecule has 7 heteroatoms. The van der Waals surface area contributed by atoms with E-state index in [2.05, 4.69) is 4.98 Å². The Morgan fingerprint density at radius 3 is 2.72 bits per heavy atom. The minimum atomic E-state index is -0.491. The van der Waals surface area contributed by atoms with Gasteiger partial charge in [-0.2, -0.15) is 0 Å². The number of rotatable bonds is 3. The van der Waals surface area contributed by atoms with Gasteiger partial charge < -0.3 is 4.74 Å². The number of carbonyl (C=O) groups excluding carboxylic acids is 1. The molecule has 0 aliphatic carbocycles. The summed E-state index contributed by atoms with van der Waals surface area (Å²) < 4.78 is 7.78. The van der Waals surface area contributed by atoms with Gasteiger partial charge >= 0.3 is 5.97 Å². The molecule has 0 fully saturated rings. The molecule has 124 valence electrons. The Balaban J connectivity index is 1.61. The first kappa shape index (κ1) is 15.8. The normalized spacial score (nSPS) is 11.1. The number of nitrogens with zero attached hydrogens (tertiary/aromatic N) is 2. The molecule has 4 aromatic rings. The Kier molecular flexibility index (Phi) is 3.99. The summed E-state index contributed by atoms with van der Waals surface area (Å²) in [7, 11) is 0. The second-order valence-electron chi connectivity index (χ2n) is 5.36. The summed E-state index contributed by atoms with van der Waals surface area (Å²) in [5.74, 6) is -0.491. The highest BCUT2D eigenvalue weighted by molar-refractivity contribution is 7.23. The number of benzene rings is 2. The van der Waals surface area contributed by atoms with Crippen LogP contribution in [-0.2, 0) is 11.3 Å². The van der Waals surface area contributed by atoms with Gasteiger partial charge in [0, 0.05) is 11.1 Å². The number of para-hydroxylation sites is 1. The molecule has 0 spiro atoms. The molecule has 0 amide bonds. The summed E-state index contributed by atoms with van der Waals surface area (Å²) >= 11 is 7.22. The van der Waals surface area contributed by atoms with Crippen LogP contribution in [0.15, 0.2) is 59.4 Å². The summed E-state index contributed by atoms with van der Waals surface area (Å²) in [5.41, 5.74) is 1.44. The van der Waals surface area contributed by atoms with Gasteiger partial charge in [0.05, 0.1) is 21.5 Å². The van der Waals surface area contributed by atoms with E-state index in [1.807, 2.05) is 24.3 Å². The van der Waals surface area contributed by atoms with Crippen molar-refractivity contribution >= 4 is 44.1 Å². The average molecular weight is 371 g/mol. The smallest absolute Gasteiger partial charge is 0.338 e. The maximum atomic E-state index is 12.4. The number of fused-ring (bicyclic) bond motifs is 3. The van der Waals surface area contributed by atoms with Gasteiger partial charge in [0.2, 0.25) is 0 Å². The van der Waals surface area contributed by atoms with Gasteiger partial charge in [0.25, 0.3) is 5.56 Å². The van der Waals surface area contributed by atoms with E-state index in [1.165, 1.54) is 17.4 Å². The first-order valence-electron chi connectivity index (χ1n) is 7.45. The van der Waals surface area contributed by atoms with Crippen LogP contribution in [0.3, 0.4) is 0 Å². The van der Waals surface area contributed by atoms with Gasteiger partial charge in [-0.1, -0.05) is 35.1 Å². The average Bonchev–Trinajstić information content (AvgIpc) is 2.99. The number of halogens is 1. The summed E-state index contributed by atoms with van der Waals surface area (Å²) in [4.78, 5) is 29.5. The minimum Gasteiger partial charge on any atom is -0.456 e. The molecular formula is C18H11ClN2O3S. The van der Waals surface area contributed by atoms with Gasteiger partial charge in [0.15, 0.2) is 4.96 Å². The molecule has 0 aliphatic heterocycles. The van der Waals surface area contributed by atoms with Crippen molar-refractivity contribution in [2.24, 2.45) is 0 Å². The van der Waals surface area contributed by atoms with E-state index in [0.717, 1.165) is 10.2 Å². The Bertz CT molecular complexity index is 1150. The highest BCUT2D eigenvalue weighted by atomic mass is 35.5. The minimum absolute atomic E-state index is 0.0680. The molecule has 0 saturated carbocycles. The number of thiazole rings is 1. The van der Waals surface area contributed by atoms with Crippen LogP contribution in [-0.4, -0.2) is 15.4 Å². The second kappa shape index (κ2) is 6.31. The maximum absolute atomic E-state index is 12.4. The highest BCUT2D eigenvalue weighted by Gasteiger charge is 2.12. The van der Waals surface area contributed by atoms with Crippen molar-refractivity contribution in [1.82, 2.24) is 9.38 Å². The molecule has 0 N–H and O–H groups in total. The summed E-state index contributed by atoms with van der Waals surface area (Å²) in [6, 6.07) is 15.4. The van der Waals surface area contributed by atoms with Crippen molar-refractivity contribution < 1.29 is 9.53 Å². The number of carbonyl (C=O) groups is 1. The molecule has 2 aromatic carbocycles. The molecule has 0 saturated heterocycles. The largest absolute Gasteiger partial charge is 0.456 e. The van der Waals surface area contributed by atoms with Gasteiger partial charge in [-0.25, -0.2) is 9.78 Å². The second-order valence-corrected chi connectivity index (χ2v) is 6.80. The molecule has 0 atom stereocenters. The Labute approximate surface area is 151 Å². The fourth-order valence-electron chi connectivity index (χ4n) is 2.51. The summed E-state index contributed by atoms with van der Waals surface area (Å²) in [5, 5.41) is 0.543. The zero-order chi connectivity index (χ0) is 17.4. The molecule has 0 unspecified atom stereocenters. The van der Waals surface area contributed by atoms with E-state index in [0.29, 0.717) is 21.2 Å². The van der Waals surface area contributed by atoms with Crippen LogP contribution in [0.25, 0.3) is 15.2 Å². The Morgan fingerprint density at radius 2 is 1.92 bits per heavy atom. The van der Waals surface area contributed by atoms with Crippen LogP contribution in [0.1, 0.15) is 16.1 Å². The summed E-state index contributed by atoms with van der Waals surface area (Å²) in [6.07, 6.45) is 0. The Morgan fingerprint density at radius 1 is 1.16 bits per heavy atom. The van der Waals surface area contributed by atoms with Crippen molar-refractivity contribution in [3.8, 4) is 0 Å². The third-order valence-electron chi connectivity index (χ3n) is 3.68. The monoisotopic (exact) mass is 370 g/mol. The standard InChI is InChI=1S/C18H11ClN2O3S/c19-12-7-5-11(6-8-12)17(23)24-10-13-9-16(22)21-14-3-1-2-4-15(14)25-18(21)20-13/h1-9H,10H2. The predicted octanol–water partition coefficient (Wildman–Crippen LogP) is 3.92. The molecule has 0 aliphatic rings. The SMILES string of the molecule is O=C(OCc1cc(=O)n2c(n1)sc1ccccc12)c1ccc(Cl)cc1. The van der Waals surface area contributed by atoms with Gasteiger partial charge in [-0.05, 0) is 36.4 Å². The van der Waals surface area contributed by atoms with Crippen molar-refractivity contribution in [3.63, 3.8) is 0 Å². The molecule has 0 bridgehead atoms. The maximum Gasteiger partial charge on any atom is 0.338 e. The van der Waals surface area contributed by atoms with Crippen molar-refractivity contribution in [2.45, 2.75) is 6.61 Å². The van der Waals surface area contributed by atoms with Crippen LogP contribution in [0.5, 0.6) is 0 Å². The molecule has 25 heavy (non-hydrogen) atoms. The summed E-state index contributed by atoms with van der Waals surface area (Å²) in [6.45, 7) is -0.0680. The van der Waals surface area contributed by atoms with Crippen molar-refractivity contribution in [3.05, 3.63) is 81.2 Å². The van der Waals surface area contributed by atoms with Crippen LogP contribution >= 0.6 is 22.9 Å². The number of hydrogen-bond acceptors (Lipinski definition) is 5. The predicted molar refractivity (Wildman–Crippen MR) is 97.4 cm³/mol. The quantitative estimate of drug-likeness (QED) is 0.513. The molecule has 0 radical (unpaired) electrons. The zero-order valence-electron chi connectivity index (χ0n) is 12.8. The highest BCUT2D eigenvalue weighted by Crippen LogP contribution is 2.23. The first-order chi connectivity index (χ1) is 12.1. The number of ether oxygens (including phenoxy) is 1. The van der Waals surface area contributed by atoms with E-state index < -0.39 is 5.97 Å². The van der Waals surface area contributed by atoms with E-state index in [4.69, 9.17) is 16.3 Å². The fourth-order valence-corrected chi connectivity index (χ4v) is 3.68. The molecule has 2 heterocycles. The lowest BCUT2D eigenvalue weighted by Gasteiger charge is -2.05. The van der Waals surface area contributed by atoms with E-state index >= 15 is 0 Å². The van der Waals surface area contributed by atoms with Crippen molar-refractivity contribution in [1.29, 1.82) is 0 Å². The lowest BCUT2D eigenvalue weighted by Crippen LogP contribution is -2.15. The molecule has 2 aromatic heterocycles. The van der Waals surface area contributed by atoms with Crippen molar-refractivity contribution in [2.75, 3.05) is 0 Å². The molecular weight excluding hydrogens is 360 g/mol. The molecule has 5 nitrogen and oxygen atoms in total. The number of hydrogen-bond donors (Lipinski definition) is 0. The van der Waals surface area contributed by atoms with E-state index in [-0.39, 0.29) is 12.2 Å². The fraction of sp³-hybridized carbons (Fsp3) is 0.0556. The van der Waals surface area contributed by atoms with E-state index in [9.17, 15) is 9.59 Å². The van der Waals surface area contributed by atoms with Gasteiger partial charge in [-0.15, -0.1) is 0 Å². The van der Waals surface area contributed by atoms with Crippen LogP contribution in [0.4, 0.5) is 0 Å². The number of aromatic nitrogens is 2. The van der Waals surface area contributed by atoms with E-state index in [1.54, 1.807) is 28.7 Å². The zero-order valence-corrected chi connectivity index (χ0v) is 14.4. The third kappa shape index (κ3) is 3.01. The lowest BCUT2D eigenvalue weighted by atomic mass is 10.2. The van der Waals surface area contributed by atoms with Crippen LogP contribution in [0.2, 0.25) is 5.02 Å². The topological polar surface area (TPSA) is 60.7 Å². The Hall–Kier alpha value is -2.70. The lowest BCUT2D eigenvalue weighted by molar-refractivity contribution is 0.0468. The molecule has 4 rings (SSSR count). The third-order valence-corrected chi connectivity index (χ3v) is 4.95. The van der Waals surface area contributed by atoms with Crippen LogP contribution in [0, 0.1) is 0 Å². The van der Waals surface area contributed by atoms with Gasteiger partial charge in [-0.3, -0.25) is 9.20 Å². The van der Waals surface area contributed by atoms with Crippen LogP contribution < -0.4 is 5.56 Å². The van der Waals surface area contributed by atoms with Gasteiger partial charge in [0.1, 0.15) is 6.61 Å². The first-order valence-corrected chi connectivity index (χ1v) is 8.64. The number of esters is 1.